The third kappa shape index (κ3) is 4.83. The maximum Gasteiger partial charge on any atom is 0.102 e. The molecule has 0 saturated carbocycles. The topological polar surface area (TPSA) is 12.5 Å². The van der Waals surface area contributed by atoms with Crippen LogP contribution in [-0.2, 0) is 10.7 Å². The molecule has 2 nitrogen and oxygen atoms in total. The maximum atomic E-state index is 6.39. The van der Waals surface area contributed by atoms with E-state index in [2.05, 4.69) is 88.2 Å². The largest absolute Gasteiger partial charge is 0.290 e. The predicted molar refractivity (Wildman–Crippen MR) is 102 cm³/mol. The van der Waals surface area contributed by atoms with Gasteiger partial charge in [-0.15, -0.1) is 11.6 Å². The van der Waals surface area contributed by atoms with Gasteiger partial charge in [-0.3, -0.25) is 4.84 Å². The fraction of sp³-hybridized carbons (Fsp3) is 0.429. The van der Waals surface area contributed by atoms with Crippen molar-refractivity contribution in [1.29, 1.82) is 0 Å². The van der Waals surface area contributed by atoms with Crippen molar-refractivity contribution < 1.29 is 4.84 Å². The molecule has 0 amide bonds. The van der Waals surface area contributed by atoms with Crippen LogP contribution in [0.15, 0.2) is 54.6 Å². The van der Waals surface area contributed by atoms with Crippen LogP contribution in [0.1, 0.15) is 63.5 Å². The molecule has 2 aromatic carbocycles. The molecular formula is C21H28ClNO. The van der Waals surface area contributed by atoms with Gasteiger partial charge in [0, 0.05) is 11.4 Å². The van der Waals surface area contributed by atoms with Crippen molar-refractivity contribution in [2.24, 2.45) is 0 Å². The Labute approximate surface area is 151 Å². The standard InChI is InChI=1S/C21H28ClNO/c1-16(19-9-7-6-8-10-19)23(21(3,4)5)24-17(2)20-13-11-18(15-22)12-14-20/h6-14,16-17H,15H2,1-5H3. The minimum absolute atomic E-state index is 0.0280. The molecule has 0 aliphatic carbocycles. The molecule has 0 aliphatic heterocycles. The number of benzene rings is 2. The summed E-state index contributed by atoms with van der Waals surface area (Å²) in [5, 5.41) is 2.10. The summed E-state index contributed by atoms with van der Waals surface area (Å²) in [6.45, 7) is 10.8. The number of hydrogen-bond acceptors (Lipinski definition) is 2. The molecular weight excluding hydrogens is 318 g/mol. The SMILES string of the molecule is CC(ON(C(C)c1ccccc1)C(C)(C)C)c1ccc(CCl)cc1. The number of nitrogens with zero attached hydrogens (tertiary/aromatic N) is 1. The van der Waals surface area contributed by atoms with E-state index in [1.165, 1.54) is 5.56 Å². The van der Waals surface area contributed by atoms with Gasteiger partial charge >= 0.3 is 0 Å². The van der Waals surface area contributed by atoms with Gasteiger partial charge < -0.3 is 0 Å². The first-order valence-electron chi connectivity index (χ1n) is 8.48. The Bertz CT molecular complexity index is 619. The van der Waals surface area contributed by atoms with Crippen molar-refractivity contribution in [2.75, 3.05) is 0 Å². The summed E-state index contributed by atoms with van der Waals surface area (Å²) >= 11 is 5.87. The van der Waals surface area contributed by atoms with Crippen LogP contribution in [0.3, 0.4) is 0 Å². The molecule has 130 valence electrons. The van der Waals surface area contributed by atoms with E-state index in [-0.39, 0.29) is 17.7 Å². The van der Waals surface area contributed by atoms with Crippen LogP contribution in [-0.4, -0.2) is 10.6 Å². The highest BCUT2D eigenvalue weighted by Gasteiger charge is 2.30. The van der Waals surface area contributed by atoms with Crippen LogP contribution in [0.25, 0.3) is 0 Å². The highest BCUT2D eigenvalue weighted by molar-refractivity contribution is 6.17. The molecule has 0 fully saturated rings. The molecule has 0 N–H and O–H groups in total. The van der Waals surface area contributed by atoms with Crippen LogP contribution in [0, 0.1) is 0 Å². The van der Waals surface area contributed by atoms with Crippen molar-refractivity contribution in [3.8, 4) is 0 Å². The molecule has 24 heavy (non-hydrogen) atoms. The third-order valence-electron chi connectivity index (χ3n) is 4.17. The van der Waals surface area contributed by atoms with Crippen molar-refractivity contribution >= 4 is 11.6 Å². The van der Waals surface area contributed by atoms with Crippen molar-refractivity contribution in [2.45, 2.75) is 58.2 Å². The van der Waals surface area contributed by atoms with Gasteiger partial charge in [-0.1, -0.05) is 54.6 Å². The van der Waals surface area contributed by atoms with E-state index in [4.69, 9.17) is 16.4 Å². The monoisotopic (exact) mass is 345 g/mol. The molecule has 2 rings (SSSR count). The molecule has 0 spiro atoms. The van der Waals surface area contributed by atoms with Crippen LogP contribution >= 0.6 is 11.6 Å². The summed E-state index contributed by atoms with van der Waals surface area (Å²) < 4.78 is 0. The third-order valence-corrected chi connectivity index (χ3v) is 4.48. The molecule has 2 atom stereocenters. The molecule has 3 heteroatoms. The van der Waals surface area contributed by atoms with E-state index in [1.54, 1.807) is 0 Å². The predicted octanol–water partition coefficient (Wildman–Crippen LogP) is 6.28. The van der Waals surface area contributed by atoms with Gasteiger partial charge in [0.1, 0.15) is 6.10 Å². The lowest BCUT2D eigenvalue weighted by Gasteiger charge is -2.40. The van der Waals surface area contributed by atoms with Crippen molar-refractivity contribution in [1.82, 2.24) is 5.06 Å². The number of alkyl halides is 1. The zero-order chi connectivity index (χ0) is 17.7. The Kier molecular flexibility index (Phi) is 6.45. The van der Waals surface area contributed by atoms with Gasteiger partial charge in [-0.25, -0.2) is 0 Å². The van der Waals surface area contributed by atoms with E-state index in [0.29, 0.717) is 5.88 Å². The number of halogens is 1. The zero-order valence-corrected chi connectivity index (χ0v) is 16.0. The smallest absolute Gasteiger partial charge is 0.102 e. The molecule has 0 saturated heterocycles. The van der Waals surface area contributed by atoms with Crippen molar-refractivity contribution in [3.05, 3.63) is 71.3 Å². The van der Waals surface area contributed by atoms with E-state index in [9.17, 15) is 0 Å². The fourth-order valence-electron chi connectivity index (χ4n) is 2.81. The normalized spacial score (nSPS) is 14.6. The van der Waals surface area contributed by atoms with Crippen LogP contribution < -0.4 is 0 Å². The molecule has 0 radical (unpaired) electrons. The van der Waals surface area contributed by atoms with Gasteiger partial charge in [0.15, 0.2) is 0 Å². The summed E-state index contributed by atoms with van der Waals surface area (Å²) in [4.78, 5) is 6.39. The summed E-state index contributed by atoms with van der Waals surface area (Å²) in [5.41, 5.74) is 3.41. The van der Waals surface area contributed by atoms with Crippen LogP contribution in [0.4, 0.5) is 0 Å². The Balaban J connectivity index is 2.19. The Hall–Kier alpha value is -1.35. The highest BCUT2D eigenvalue weighted by Crippen LogP contribution is 2.32. The Morgan fingerprint density at radius 3 is 2.00 bits per heavy atom. The van der Waals surface area contributed by atoms with E-state index < -0.39 is 0 Å². The molecule has 0 aromatic heterocycles. The number of hydrogen-bond donors (Lipinski definition) is 0. The summed E-state index contributed by atoms with van der Waals surface area (Å²) in [5.74, 6) is 0.536. The molecule has 0 heterocycles. The minimum Gasteiger partial charge on any atom is -0.290 e. The maximum absolute atomic E-state index is 6.39. The van der Waals surface area contributed by atoms with Gasteiger partial charge in [0.2, 0.25) is 0 Å². The molecule has 2 aromatic rings. The van der Waals surface area contributed by atoms with Gasteiger partial charge in [0.25, 0.3) is 0 Å². The first-order valence-corrected chi connectivity index (χ1v) is 9.02. The second-order valence-corrected chi connectivity index (χ2v) is 7.47. The van der Waals surface area contributed by atoms with Gasteiger partial charge in [-0.05, 0) is 51.3 Å². The molecule has 2 unspecified atom stereocenters. The van der Waals surface area contributed by atoms with Crippen LogP contribution in [0.2, 0.25) is 0 Å². The average molecular weight is 346 g/mol. The number of hydroxylamine groups is 2. The van der Waals surface area contributed by atoms with E-state index in [0.717, 1.165) is 11.1 Å². The highest BCUT2D eigenvalue weighted by atomic mass is 35.5. The zero-order valence-electron chi connectivity index (χ0n) is 15.3. The second kappa shape index (κ2) is 8.15. The van der Waals surface area contributed by atoms with E-state index >= 15 is 0 Å². The van der Waals surface area contributed by atoms with Crippen LogP contribution in [0.5, 0.6) is 0 Å². The van der Waals surface area contributed by atoms with Crippen molar-refractivity contribution in [3.63, 3.8) is 0 Å². The van der Waals surface area contributed by atoms with Gasteiger partial charge in [-0.2, -0.15) is 5.06 Å². The molecule has 0 bridgehead atoms. The quantitative estimate of drug-likeness (QED) is 0.451. The van der Waals surface area contributed by atoms with Gasteiger partial charge in [0.05, 0.1) is 6.04 Å². The lowest BCUT2D eigenvalue weighted by Crippen LogP contribution is -2.43. The lowest BCUT2D eigenvalue weighted by molar-refractivity contribution is -0.262. The second-order valence-electron chi connectivity index (χ2n) is 7.21. The first kappa shape index (κ1) is 19.0. The first-order chi connectivity index (χ1) is 11.3. The number of rotatable bonds is 6. The summed E-state index contributed by atoms with van der Waals surface area (Å²) in [7, 11) is 0. The Morgan fingerprint density at radius 2 is 1.50 bits per heavy atom. The Morgan fingerprint density at radius 1 is 0.917 bits per heavy atom. The summed E-state index contributed by atoms with van der Waals surface area (Å²) in [6.07, 6.45) is -0.0280. The van der Waals surface area contributed by atoms with E-state index in [1.807, 2.05) is 6.07 Å². The molecule has 0 aliphatic rings. The average Bonchev–Trinajstić information content (AvgIpc) is 2.58. The summed E-state index contributed by atoms with van der Waals surface area (Å²) in [6, 6.07) is 18.9. The lowest BCUT2D eigenvalue weighted by atomic mass is 10.0. The minimum atomic E-state index is -0.112. The fourth-order valence-corrected chi connectivity index (χ4v) is 2.98.